The Balaban J connectivity index is 0.00000338. The highest BCUT2D eigenvalue weighted by atomic mass is 127. The Morgan fingerprint density at radius 1 is 1.04 bits per heavy atom. The Labute approximate surface area is 180 Å². The predicted molar refractivity (Wildman–Crippen MR) is 121 cm³/mol. The van der Waals surface area contributed by atoms with Gasteiger partial charge in [-0.15, -0.1) is 24.0 Å². The van der Waals surface area contributed by atoms with Gasteiger partial charge in [0.25, 0.3) is 5.91 Å². The van der Waals surface area contributed by atoms with Crippen molar-refractivity contribution in [1.82, 2.24) is 10.6 Å². The van der Waals surface area contributed by atoms with Crippen LogP contribution in [0.4, 0.5) is 0 Å². The first-order valence-corrected chi connectivity index (χ1v) is 9.06. The maximum Gasteiger partial charge on any atom is 0.251 e. The monoisotopic (exact) mass is 530 g/mol. The number of hydrogen-bond acceptors (Lipinski definition) is 2. The molecule has 2 rings (SSSR count). The van der Waals surface area contributed by atoms with Crippen LogP contribution in [0.2, 0.25) is 0 Å². The van der Waals surface area contributed by atoms with Crippen LogP contribution in [-0.2, 0) is 6.42 Å². The normalized spacial score (nSPS) is 10.7. The molecule has 0 aliphatic rings. The van der Waals surface area contributed by atoms with Gasteiger partial charge in [-0.2, -0.15) is 0 Å². The van der Waals surface area contributed by atoms with Gasteiger partial charge in [-0.3, -0.25) is 9.79 Å². The summed E-state index contributed by atoms with van der Waals surface area (Å²) in [5.41, 5.74) is 7.73. The summed E-state index contributed by atoms with van der Waals surface area (Å²) >= 11 is 3.36. The smallest absolute Gasteiger partial charge is 0.251 e. The van der Waals surface area contributed by atoms with Gasteiger partial charge in [-0.25, -0.2) is 0 Å². The summed E-state index contributed by atoms with van der Waals surface area (Å²) < 4.78 is 0.888. The molecule has 2 aromatic carbocycles. The fourth-order valence-corrected chi connectivity index (χ4v) is 2.65. The molecule has 0 saturated carbocycles. The van der Waals surface area contributed by atoms with E-state index in [4.69, 9.17) is 5.73 Å². The summed E-state index contributed by atoms with van der Waals surface area (Å²) in [6.45, 7) is 1.88. The molecule has 0 unspecified atom stereocenters. The van der Waals surface area contributed by atoms with Crippen LogP contribution in [-0.4, -0.2) is 31.5 Å². The maximum atomic E-state index is 12.0. The third-order valence-corrected chi connectivity index (χ3v) is 4.05. The van der Waals surface area contributed by atoms with E-state index in [1.807, 2.05) is 30.3 Å². The lowest BCUT2D eigenvalue weighted by atomic mass is 10.1. The molecule has 0 aromatic heterocycles. The topological polar surface area (TPSA) is 79.5 Å². The number of nitrogens with zero attached hydrogens (tertiary/aromatic N) is 1. The third kappa shape index (κ3) is 8.66. The van der Waals surface area contributed by atoms with Gasteiger partial charge >= 0.3 is 0 Å². The van der Waals surface area contributed by atoms with Crippen molar-refractivity contribution in [3.63, 3.8) is 0 Å². The van der Waals surface area contributed by atoms with E-state index in [0.717, 1.165) is 23.9 Å². The van der Waals surface area contributed by atoms with E-state index in [9.17, 15) is 4.79 Å². The molecule has 0 bridgehead atoms. The van der Waals surface area contributed by atoms with Crippen LogP contribution in [0.5, 0.6) is 0 Å². The van der Waals surface area contributed by atoms with Gasteiger partial charge < -0.3 is 16.4 Å². The molecule has 0 heterocycles. The largest absolute Gasteiger partial charge is 0.370 e. The number of nitrogens with two attached hydrogens (primary N) is 1. The molecule has 0 radical (unpaired) electrons. The number of rotatable bonds is 8. The minimum Gasteiger partial charge on any atom is -0.370 e. The number of hydrogen-bond donors (Lipinski definition) is 3. The van der Waals surface area contributed by atoms with Crippen LogP contribution in [0.1, 0.15) is 22.3 Å². The van der Waals surface area contributed by atoms with Crippen LogP contribution < -0.4 is 16.4 Å². The van der Waals surface area contributed by atoms with Gasteiger partial charge in [0.05, 0.1) is 0 Å². The second-order valence-corrected chi connectivity index (χ2v) is 6.46. The van der Waals surface area contributed by atoms with Gasteiger partial charge in [-0.1, -0.05) is 52.3 Å². The first-order chi connectivity index (χ1) is 12.1. The summed E-state index contributed by atoms with van der Waals surface area (Å²) in [4.78, 5) is 16.2. The van der Waals surface area contributed by atoms with Gasteiger partial charge in [0, 0.05) is 29.7 Å². The van der Waals surface area contributed by atoms with Crippen molar-refractivity contribution in [2.75, 3.05) is 19.6 Å². The second kappa shape index (κ2) is 12.7. The number of carbonyl (C=O) groups is 1. The number of carbonyl (C=O) groups excluding carboxylic acids is 1. The molecule has 0 aliphatic heterocycles. The zero-order valence-corrected chi connectivity index (χ0v) is 18.4. The summed E-state index contributed by atoms with van der Waals surface area (Å²) in [5, 5.41) is 5.97. The highest BCUT2D eigenvalue weighted by molar-refractivity contribution is 14.0. The highest BCUT2D eigenvalue weighted by Gasteiger charge is 2.04. The highest BCUT2D eigenvalue weighted by Crippen LogP contribution is 2.11. The van der Waals surface area contributed by atoms with E-state index in [2.05, 4.69) is 43.7 Å². The summed E-state index contributed by atoms with van der Waals surface area (Å²) in [6.07, 6.45) is 1.64. The zero-order valence-electron chi connectivity index (χ0n) is 14.5. The lowest BCUT2D eigenvalue weighted by molar-refractivity contribution is 0.0953. The number of benzene rings is 2. The van der Waals surface area contributed by atoms with Gasteiger partial charge in [0.15, 0.2) is 5.96 Å². The second-order valence-electron chi connectivity index (χ2n) is 5.55. The zero-order chi connectivity index (χ0) is 17.9. The fraction of sp³-hybridized carbons (Fsp3) is 0.263. The van der Waals surface area contributed by atoms with E-state index in [1.54, 1.807) is 12.1 Å². The average Bonchev–Trinajstić information content (AvgIpc) is 2.62. The van der Waals surface area contributed by atoms with Crippen LogP contribution in [0.15, 0.2) is 64.1 Å². The molecule has 1 amide bonds. The first kappa shape index (κ1) is 22.4. The van der Waals surface area contributed by atoms with Gasteiger partial charge in [0.1, 0.15) is 0 Å². The molecule has 5 nitrogen and oxygen atoms in total. The van der Waals surface area contributed by atoms with E-state index in [-0.39, 0.29) is 29.9 Å². The van der Waals surface area contributed by atoms with Gasteiger partial charge in [0.2, 0.25) is 0 Å². The fourth-order valence-electron chi connectivity index (χ4n) is 2.25. The Morgan fingerprint density at radius 3 is 2.54 bits per heavy atom. The quantitative estimate of drug-likeness (QED) is 0.212. The Kier molecular flexibility index (Phi) is 11.0. The molecule has 140 valence electrons. The van der Waals surface area contributed by atoms with Crippen molar-refractivity contribution < 1.29 is 4.79 Å². The number of halogens is 2. The van der Waals surface area contributed by atoms with Crippen LogP contribution in [0.3, 0.4) is 0 Å². The summed E-state index contributed by atoms with van der Waals surface area (Å²) in [6, 6.07) is 17.5. The number of amides is 1. The SMILES string of the molecule is I.NC(=NCCCNC(=O)c1cccc(Br)c1)NCCc1ccccc1. The van der Waals surface area contributed by atoms with Crippen molar-refractivity contribution >= 4 is 51.8 Å². The van der Waals surface area contributed by atoms with Crippen molar-refractivity contribution in [2.45, 2.75) is 12.8 Å². The lowest BCUT2D eigenvalue weighted by Crippen LogP contribution is -2.33. The number of guanidine groups is 1. The molecular formula is C19H24BrIN4O. The third-order valence-electron chi connectivity index (χ3n) is 3.55. The molecule has 0 fully saturated rings. The average molecular weight is 531 g/mol. The lowest BCUT2D eigenvalue weighted by Gasteiger charge is -2.07. The molecule has 0 spiro atoms. The Morgan fingerprint density at radius 2 is 1.81 bits per heavy atom. The maximum absolute atomic E-state index is 12.0. The molecule has 0 atom stereocenters. The van der Waals surface area contributed by atoms with Crippen molar-refractivity contribution in [3.8, 4) is 0 Å². The summed E-state index contributed by atoms with van der Waals surface area (Å²) in [7, 11) is 0. The molecule has 7 heteroatoms. The molecule has 0 saturated heterocycles. The first-order valence-electron chi connectivity index (χ1n) is 8.26. The van der Waals surface area contributed by atoms with E-state index in [0.29, 0.717) is 24.6 Å². The molecule has 4 N–H and O–H groups in total. The van der Waals surface area contributed by atoms with Crippen LogP contribution >= 0.6 is 39.9 Å². The van der Waals surface area contributed by atoms with Crippen molar-refractivity contribution in [3.05, 3.63) is 70.2 Å². The molecule has 0 aliphatic carbocycles. The number of aliphatic imine (C=N–C) groups is 1. The minimum absolute atomic E-state index is 0. The van der Waals surface area contributed by atoms with E-state index < -0.39 is 0 Å². The number of nitrogens with one attached hydrogen (secondary N) is 2. The van der Waals surface area contributed by atoms with Gasteiger partial charge in [-0.05, 0) is 36.6 Å². The van der Waals surface area contributed by atoms with E-state index in [1.165, 1.54) is 5.56 Å². The Hall–Kier alpha value is -1.61. The van der Waals surface area contributed by atoms with Crippen molar-refractivity contribution in [2.24, 2.45) is 10.7 Å². The molecular weight excluding hydrogens is 507 g/mol. The molecule has 2 aromatic rings. The molecule has 26 heavy (non-hydrogen) atoms. The Bertz CT molecular complexity index is 710. The van der Waals surface area contributed by atoms with Crippen LogP contribution in [0.25, 0.3) is 0 Å². The standard InChI is InChI=1S/C19H23BrN4O.HI/c20-17-9-4-8-16(14-17)18(25)22-11-5-12-23-19(21)24-13-10-15-6-2-1-3-7-15;/h1-4,6-9,14H,5,10-13H2,(H,22,25)(H3,21,23,24);1H. The van der Waals surface area contributed by atoms with Crippen LogP contribution in [0, 0.1) is 0 Å². The summed E-state index contributed by atoms with van der Waals surface area (Å²) in [5.74, 6) is 0.355. The van der Waals surface area contributed by atoms with Crippen molar-refractivity contribution in [1.29, 1.82) is 0 Å². The minimum atomic E-state index is -0.0840. The van der Waals surface area contributed by atoms with E-state index >= 15 is 0 Å². The predicted octanol–water partition coefficient (Wildman–Crippen LogP) is 3.33.